The second-order valence-corrected chi connectivity index (χ2v) is 8.27. The van der Waals surface area contributed by atoms with Crippen LogP contribution in [0.3, 0.4) is 0 Å². The predicted molar refractivity (Wildman–Crippen MR) is 109 cm³/mol. The van der Waals surface area contributed by atoms with Crippen LogP contribution in [0.5, 0.6) is 0 Å². The van der Waals surface area contributed by atoms with Crippen LogP contribution in [-0.4, -0.2) is 48.1 Å². The maximum Gasteiger partial charge on any atom is 0.446 e. The molecule has 0 aliphatic carbocycles. The van der Waals surface area contributed by atoms with Crippen molar-refractivity contribution in [1.29, 1.82) is 0 Å². The average molecular weight is 452 g/mol. The summed E-state index contributed by atoms with van der Waals surface area (Å²) in [5.41, 5.74) is 0.629. The highest BCUT2D eigenvalue weighted by molar-refractivity contribution is 8.00. The number of halogens is 3. The molecule has 8 nitrogen and oxygen atoms in total. The molecule has 0 aromatic carbocycles. The summed E-state index contributed by atoms with van der Waals surface area (Å²) in [6, 6.07) is 4.51. The van der Waals surface area contributed by atoms with Gasteiger partial charge in [-0.05, 0) is 43.7 Å². The molecule has 0 unspecified atom stereocenters. The van der Waals surface area contributed by atoms with Gasteiger partial charge in [-0.25, -0.2) is 4.52 Å². The SMILES string of the molecule is CC(C)(O)Cn1cc(C(=O)NCC#Cc2nn3c(N)cccc3c2SC(F)(F)F)cn1. The maximum absolute atomic E-state index is 13.0. The molecule has 3 heterocycles. The van der Waals surface area contributed by atoms with E-state index in [9.17, 15) is 23.1 Å². The number of anilines is 1. The fourth-order valence-electron chi connectivity index (χ4n) is 2.68. The van der Waals surface area contributed by atoms with Gasteiger partial charge in [0.05, 0.1) is 40.9 Å². The monoisotopic (exact) mass is 452 g/mol. The first-order chi connectivity index (χ1) is 14.4. The maximum atomic E-state index is 13.0. The Morgan fingerprint density at radius 1 is 1.35 bits per heavy atom. The molecule has 3 aromatic heterocycles. The third-order valence-corrected chi connectivity index (χ3v) is 4.69. The van der Waals surface area contributed by atoms with E-state index in [2.05, 4.69) is 27.4 Å². The van der Waals surface area contributed by atoms with E-state index in [4.69, 9.17) is 5.73 Å². The number of pyridine rings is 1. The van der Waals surface area contributed by atoms with Crippen molar-refractivity contribution >= 4 is 29.0 Å². The highest BCUT2D eigenvalue weighted by Crippen LogP contribution is 2.40. The van der Waals surface area contributed by atoms with Gasteiger partial charge in [-0.1, -0.05) is 12.0 Å². The molecule has 3 aromatic rings. The lowest BCUT2D eigenvalue weighted by Crippen LogP contribution is -2.26. The normalized spacial score (nSPS) is 11.9. The smallest absolute Gasteiger partial charge is 0.389 e. The molecule has 1 amide bonds. The number of alkyl halides is 3. The number of nitrogens with one attached hydrogen (secondary N) is 1. The molecule has 0 aliphatic rings. The zero-order valence-electron chi connectivity index (χ0n) is 16.6. The average Bonchev–Trinajstić information content (AvgIpc) is 3.22. The second-order valence-electron chi connectivity index (χ2n) is 7.20. The number of nitrogens with two attached hydrogens (primary N) is 1. The number of aromatic nitrogens is 4. The molecule has 0 saturated heterocycles. The number of nitrogens with zero attached hydrogens (tertiary/aromatic N) is 4. The molecule has 0 aliphatic heterocycles. The highest BCUT2D eigenvalue weighted by Gasteiger charge is 2.32. The Labute approximate surface area is 179 Å². The quantitative estimate of drug-likeness (QED) is 0.405. The first kappa shape index (κ1) is 22.5. The Kier molecular flexibility index (Phi) is 6.19. The van der Waals surface area contributed by atoms with Crippen LogP contribution in [0.4, 0.5) is 19.0 Å². The molecule has 0 atom stereocenters. The summed E-state index contributed by atoms with van der Waals surface area (Å²) in [6.07, 6.45) is 2.82. The molecular formula is C19H19F3N6O2S. The molecule has 0 spiro atoms. The van der Waals surface area contributed by atoms with Crippen molar-refractivity contribution in [2.24, 2.45) is 0 Å². The van der Waals surface area contributed by atoms with Crippen LogP contribution in [0.25, 0.3) is 5.52 Å². The number of thioether (sulfide) groups is 1. The number of carbonyl (C=O) groups excluding carboxylic acids is 1. The number of fused-ring (bicyclic) bond motifs is 1. The zero-order valence-corrected chi connectivity index (χ0v) is 17.4. The molecule has 12 heteroatoms. The van der Waals surface area contributed by atoms with E-state index in [0.717, 1.165) is 0 Å². The fraction of sp³-hybridized carbons (Fsp3) is 0.316. The largest absolute Gasteiger partial charge is 0.446 e. The zero-order chi connectivity index (χ0) is 22.8. The van der Waals surface area contributed by atoms with Crippen molar-refractivity contribution in [3.63, 3.8) is 0 Å². The minimum Gasteiger partial charge on any atom is -0.389 e. The number of hydrogen-bond donors (Lipinski definition) is 3. The van der Waals surface area contributed by atoms with Gasteiger partial charge >= 0.3 is 5.51 Å². The summed E-state index contributed by atoms with van der Waals surface area (Å²) in [5.74, 6) is 4.89. The van der Waals surface area contributed by atoms with Gasteiger partial charge in [0.25, 0.3) is 5.91 Å². The third-order valence-electron chi connectivity index (χ3n) is 3.85. The van der Waals surface area contributed by atoms with E-state index >= 15 is 0 Å². The highest BCUT2D eigenvalue weighted by atomic mass is 32.2. The summed E-state index contributed by atoms with van der Waals surface area (Å²) in [4.78, 5) is 12.0. The minimum atomic E-state index is -4.53. The number of aliphatic hydroxyl groups is 1. The first-order valence-corrected chi connectivity index (χ1v) is 9.79. The second kappa shape index (κ2) is 8.52. The van der Waals surface area contributed by atoms with Crippen LogP contribution in [-0.2, 0) is 6.54 Å². The fourth-order valence-corrected chi connectivity index (χ4v) is 3.36. The Morgan fingerprint density at radius 3 is 2.77 bits per heavy atom. The van der Waals surface area contributed by atoms with E-state index in [0.29, 0.717) is 0 Å². The summed E-state index contributed by atoms with van der Waals surface area (Å²) in [6.45, 7) is 3.32. The van der Waals surface area contributed by atoms with E-state index < -0.39 is 17.0 Å². The van der Waals surface area contributed by atoms with Crippen molar-refractivity contribution in [1.82, 2.24) is 24.7 Å². The summed E-state index contributed by atoms with van der Waals surface area (Å²) < 4.78 is 41.6. The molecule has 164 valence electrons. The summed E-state index contributed by atoms with van der Waals surface area (Å²) in [5, 5.41) is 20.4. The lowest BCUT2D eigenvalue weighted by Gasteiger charge is -2.16. The third kappa shape index (κ3) is 5.93. The summed E-state index contributed by atoms with van der Waals surface area (Å²) in [7, 11) is 0. The predicted octanol–water partition coefficient (Wildman–Crippen LogP) is 2.28. The molecule has 0 bridgehead atoms. The van der Waals surface area contributed by atoms with Gasteiger partial charge in [-0.15, -0.1) is 0 Å². The van der Waals surface area contributed by atoms with Gasteiger partial charge in [0, 0.05) is 6.20 Å². The molecule has 0 radical (unpaired) electrons. The van der Waals surface area contributed by atoms with Gasteiger partial charge in [-0.3, -0.25) is 9.48 Å². The van der Waals surface area contributed by atoms with Crippen molar-refractivity contribution in [3.8, 4) is 11.8 Å². The topological polar surface area (TPSA) is 110 Å². The lowest BCUT2D eigenvalue weighted by atomic mass is 10.1. The van der Waals surface area contributed by atoms with Gasteiger partial charge in [-0.2, -0.15) is 23.4 Å². The van der Waals surface area contributed by atoms with E-state index in [1.807, 2.05) is 0 Å². The Hall–Kier alpha value is -3.17. The van der Waals surface area contributed by atoms with Crippen molar-refractivity contribution in [2.45, 2.75) is 36.4 Å². The van der Waals surface area contributed by atoms with Crippen LogP contribution < -0.4 is 11.1 Å². The van der Waals surface area contributed by atoms with Gasteiger partial charge in [0.1, 0.15) is 11.5 Å². The number of hydrogen-bond acceptors (Lipinski definition) is 6. The number of nitrogen functional groups attached to an aromatic ring is 1. The molecule has 0 saturated carbocycles. The van der Waals surface area contributed by atoms with Crippen molar-refractivity contribution in [3.05, 3.63) is 41.9 Å². The number of carbonyl (C=O) groups is 1. The number of rotatable bonds is 5. The van der Waals surface area contributed by atoms with Gasteiger partial charge in [0.15, 0.2) is 0 Å². The van der Waals surface area contributed by atoms with Crippen LogP contribution in [0.2, 0.25) is 0 Å². The standard InChI is InChI=1S/C19H19F3N6O2S/c1-18(2,30)11-27-10-12(9-25-27)17(29)24-8-4-5-13-16(31-19(20,21)22)14-6-3-7-15(23)28(14)26-13/h3,6-7,9-10,30H,8,11,23H2,1-2H3,(H,24,29). The van der Waals surface area contributed by atoms with Gasteiger partial charge < -0.3 is 16.2 Å². The minimum absolute atomic E-state index is 0.0903. The number of amides is 1. The van der Waals surface area contributed by atoms with Crippen LogP contribution in [0.15, 0.2) is 35.5 Å². The van der Waals surface area contributed by atoms with Crippen molar-refractivity contribution < 1.29 is 23.1 Å². The molecule has 31 heavy (non-hydrogen) atoms. The molecule has 3 rings (SSSR count). The molecular weight excluding hydrogens is 433 g/mol. The first-order valence-electron chi connectivity index (χ1n) is 8.98. The Bertz CT molecular complexity index is 1170. The van der Waals surface area contributed by atoms with E-state index in [1.165, 1.54) is 39.8 Å². The van der Waals surface area contributed by atoms with Crippen LogP contribution >= 0.6 is 11.8 Å². The van der Waals surface area contributed by atoms with Crippen molar-refractivity contribution in [2.75, 3.05) is 12.3 Å². The van der Waals surface area contributed by atoms with Gasteiger partial charge in [0.2, 0.25) is 0 Å². The Balaban J connectivity index is 1.73. The van der Waals surface area contributed by atoms with Crippen LogP contribution in [0.1, 0.15) is 29.9 Å². The molecule has 4 N–H and O–H groups in total. The summed E-state index contributed by atoms with van der Waals surface area (Å²) >= 11 is -0.320. The molecule has 0 fully saturated rings. The Morgan fingerprint density at radius 2 is 2.10 bits per heavy atom. The lowest BCUT2D eigenvalue weighted by molar-refractivity contribution is -0.0327. The van der Waals surface area contributed by atoms with E-state index in [-0.39, 0.29) is 52.3 Å². The van der Waals surface area contributed by atoms with E-state index in [1.54, 1.807) is 13.8 Å². The van der Waals surface area contributed by atoms with Crippen LogP contribution in [0, 0.1) is 11.8 Å².